The molecule has 2 N–H and O–H groups in total. The topological polar surface area (TPSA) is 29.3 Å². The Kier molecular flexibility index (Phi) is 4.91. The summed E-state index contributed by atoms with van der Waals surface area (Å²) in [7, 11) is 1.89. The van der Waals surface area contributed by atoms with Gasteiger partial charge in [-0.3, -0.25) is 0 Å². The van der Waals surface area contributed by atoms with Crippen molar-refractivity contribution < 1.29 is 8.78 Å². The van der Waals surface area contributed by atoms with E-state index >= 15 is 0 Å². The van der Waals surface area contributed by atoms with Gasteiger partial charge in [0.25, 0.3) is 0 Å². The van der Waals surface area contributed by atoms with Gasteiger partial charge in [-0.05, 0) is 48.7 Å². The van der Waals surface area contributed by atoms with E-state index in [1.165, 1.54) is 18.2 Å². The lowest BCUT2D eigenvalue weighted by Crippen LogP contribution is -2.23. The molecule has 0 saturated heterocycles. The van der Waals surface area contributed by atoms with Gasteiger partial charge in [0, 0.05) is 25.3 Å². The number of halogens is 2. The van der Waals surface area contributed by atoms with Gasteiger partial charge in [-0.25, -0.2) is 8.78 Å². The summed E-state index contributed by atoms with van der Waals surface area (Å²) < 4.78 is 26.7. The molecule has 0 saturated carbocycles. The van der Waals surface area contributed by atoms with Crippen molar-refractivity contribution in [1.29, 1.82) is 0 Å². The minimum Gasteiger partial charge on any atom is -0.374 e. The normalized spacial score (nSPS) is 12.2. The van der Waals surface area contributed by atoms with Gasteiger partial charge in [-0.1, -0.05) is 18.2 Å². The van der Waals surface area contributed by atoms with E-state index < -0.39 is 0 Å². The third kappa shape index (κ3) is 4.02. The zero-order valence-electron chi connectivity index (χ0n) is 12.3. The molecule has 21 heavy (non-hydrogen) atoms. The minimum atomic E-state index is -0.260. The smallest absolute Gasteiger partial charge is 0.126 e. The van der Waals surface area contributed by atoms with E-state index in [-0.39, 0.29) is 17.7 Å². The Balaban J connectivity index is 1.97. The second-order valence-corrected chi connectivity index (χ2v) is 5.31. The molecule has 0 amide bonds. The third-order valence-corrected chi connectivity index (χ3v) is 3.65. The van der Waals surface area contributed by atoms with Crippen LogP contribution in [0.15, 0.2) is 42.5 Å². The molecule has 112 valence electrons. The average molecular weight is 290 g/mol. The predicted octanol–water partition coefficient (Wildman–Crippen LogP) is 3.80. The Morgan fingerprint density at radius 3 is 2.57 bits per heavy atom. The quantitative estimate of drug-likeness (QED) is 0.907. The fourth-order valence-electron chi connectivity index (χ4n) is 2.18. The largest absolute Gasteiger partial charge is 0.374 e. The Morgan fingerprint density at radius 2 is 1.90 bits per heavy atom. The lowest BCUT2D eigenvalue weighted by molar-refractivity contribution is 0.600. The molecule has 2 nitrogen and oxygen atoms in total. The molecule has 0 fully saturated rings. The van der Waals surface area contributed by atoms with Gasteiger partial charge in [0.1, 0.15) is 11.6 Å². The highest BCUT2D eigenvalue weighted by Crippen LogP contribution is 2.20. The maximum absolute atomic E-state index is 13.5. The molecule has 0 bridgehead atoms. The van der Waals surface area contributed by atoms with E-state index in [2.05, 4.69) is 0 Å². The van der Waals surface area contributed by atoms with Gasteiger partial charge in [0.15, 0.2) is 0 Å². The molecular formula is C17H20F2N2. The highest BCUT2D eigenvalue weighted by molar-refractivity contribution is 5.45. The fourth-order valence-corrected chi connectivity index (χ4v) is 2.18. The van der Waals surface area contributed by atoms with E-state index in [1.807, 2.05) is 24.1 Å². The Bertz CT molecular complexity index is 613. The molecule has 0 heterocycles. The molecule has 4 heteroatoms. The number of nitrogens with two attached hydrogens (primary N) is 1. The molecule has 2 rings (SSSR count). The molecular weight excluding hydrogens is 270 g/mol. The van der Waals surface area contributed by atoms with Crippen LogP contribution in [-0.4, -0.2) is 13.6 Å². The van der Waals surface area contributed by atoms with Gasteiger partial charge >= 0.3 is 0 Å². The molecule has 0 aliphatic carbocycles. The summed E-state index contributed by atoms with van der Waals surface area (Å²) in [5, 5.41) is 0. The van der Waals surface area contributed by atoms with Crippen molar-refractivity contribution >= 4 is 5.69 Å². The number of hydrogen-bond acceptors (Lipinski definition) is 2. The zero-order chi connectivity index (χ0) is 15.4. The number of rotatable bonds is 5. The first-order valence-electron chi connectivity index (χ1n) is 6.95. The number of anilines is 1. The molecule has 1 atom stereocenters. The molecule has 2 aromatic rings. The summed E-state index contributed by atoms with van der Waals surface area (Å²) >= 11 is 0. The van der Waals surface area contributed by atoms with Crippen LogP contribution in [0.25, 0.3) is 0 Å². The molecule has 0 aliphatic heterocycles. The molecule has 0 spiro atoms. The van der Waals surface area contributed by atoms with Crippen LogP contribution in [0.1, 0.15) is 23.6 Å². The van der Waals surface area contributed by atoms with Crippen LogP contribution in [0, 0.1) is 18.6 Å². The van der Waals surface area contributed by atoms with Crippen molar-refractivity contribution in [3.05, 3.63) is 65.2 Å². The lowest BCUT2D eigenvalue weighted by Gasteiger charge is -2.22. The minimum absolute atomic E-state index is 0.235. The first-order chi connectivity index (χ1) is 9.97. The fraction of sp³-hybridized carbons (Fsp3) is 0.294. The van der Waals surface area contributed by atoms with Gasteiger partial charge in [-0.2, -0.15) is 0 Å². The van der Waals surface area contributed by atoms with Crippen LogP contribution in [-0.2, 0) is 0 Å². The summed E-state index contributed by atoms with van der Waals surface area (Å²) in [6.07, 6.45) is 0.662. The van der Waals surface area contributed by atoms with Crippen molar-refractivity contribution in [2.45, 2.75) is 19.4 Å². The van der Waals surface area contributed by atoms with Gasteiger partial charge in [0.2, 0.25) is 0 Å². The third-order valence-electron chi connectivity index (χ3n) is 3.65. The number of hydrogen-bond donors (Lipinski definition) is 1. The van der Waals surface area contributed by atoms with E-state index in [9.17, 15) is 8.78 Å². The van der Waals surface area contributed by atoms with Crippen LogP contribution in [0.4, 0.5) is 14.5 Å². The van der Waals surface area contributed by atoms with Crippen LogP contribution in [0.3, 0.4) is 0 Å². The zero-order valence-corrected chi connectivity index (χ0v) is 12.3. The van der Waals surface area contributed by atoms with Crippen molar-refractivity contribution in [2.24, 2.45) is 5.73 Å². The Morgan fingerprint density at radius 1 is 1.14 bits per heavy atom. The number of benzene rings is 2. The van der Waals surface area contributed by atoms with Crippen molar-refractivity contribution in [1.82, 2.24) is 0 Å². The van der Waals surface area contributed by atoms with Gasteiger partial charge < -0.3 is 10.6 Å². The summed E-state index contributed by atoms with van der Waals surface area (Å²) in [5.41, 5.74) is 8.30. The van der Waals surface area contributed by atoms with Crippen molar-refractivity contribution in [3.8, 4) is 0 Å². The first-order valence-corrected chi connectivity index (χ1v) is 6.95. The molecule has 1 unspecified atom stereocenters. The van der Waals surface area contributed by atoms with E-state index in [4.69, 9.17) is 5.73 Å². The van der Waals surface area contributed by atoms with Crippen LogP contribution >= 0.6 is 0 Å². The van der Waals surface area contributed by atoms with Crippen molar-refractivity contribution in [3.63, 3.8) is 0 Å². The van der Waals surface area contributed by atoms with Crippen LogP contribution < -0.4 is 10.6 Å². The predicted molar refractivity (Wildman–Crippen MR) is 82.4 cm³/mol. The lowest BCUT2D eigenvalue weighted by atomic mass is 10.0. The summed E-state index contributed by atoms with van der Waals surface area (Å²) in [6, 6.07) is 11.3. The summed E-state index contributed by atoms with van der Waals surface area (Å²) in [4.78, 5) is 1.94. The summed E-state index contributed by atoms with van der Waals surface area (Å²) in [6.45, 7) is 2.39. The summed E-state index contributed by atoms with van der Waals surface area (Å²) in [5.74, 6) is -0.495. The monoisotopic (exact) mass is 290 g/mol. The van der Waals surface area contributed by atoms with E-state index in [0.717, 1.165) is 11.3 Å². The SMILES string of the molecule is Cc1ccc(C(N)CCN(C)c2cccc(F)c2)cc1F. The second kappa shape index (κ2) is 6.68. The van der Waals surface area contributed by atoms with Gasteiger partial charge in [-0.15, -0.1) is 0 Å². The Labute approximate surface area is 124 Å². The first kappa shape index (κ1) is 15.4. The molecule has 0 aromatic heterocycles. The van der Waals surface area contributed by atoms with E-state index in [1.54, 1.807) is 19.1 Å². The second-order valence-electron chi connectivity index (χ2n) is 5.31. The maximum atomic E-state index is 13.5. The highest BCUT2D eigenvalue weighted by Gasteiger charge is 2.10. The van der Waals surface area contributed by atoms with E-state index in [0.29, 0.717) is 18.5 Å². The highest BCUT2D eigenvalue weighted by atomic mass is 19.1. The Hall–Kier alpha value is -1.94. The number of aryl methyl sites for hydroxylation is 1. The molecule has 2 aromatic carbocycles. The van der Waals surface area contributed by atoms with Crippen molar-refractivity contribution in [2.75, 3.05) is 18.5 Å². The van der Waals surface area contributed by atoms with Crippen LogP contribution in [0.2, 0.25) is 0 Å². The molecule has 0 aliphatic rings. The maximum Gasteiger partial charge on any atom is 0.126 e. The molecule has 0 radical (unpaired) electrons. The van der Waals surface area contributed by atoms with Crippen LogP contribution in [0.5, 0.6) is 0 Å². The number of nitrogens with zero attached hydrogens (tertiary/aromatic N) is 1. The average Bonchev–Trinajstić information content (AvgIpc) is 2.47. The standard InChI is InChI=1S/C17H20F2N2/c1-12-6-7-13(10-16(12)19)17(20)8-9-21(2)15-5-3-4-14(18)11-15/h3-7,10-11,17H,8-9,20H2,1-2H3. The van der Waals surface area contributed by atoms with Gasteiger partial charge in [0.05, 0.1) is 0 Å².